The summed E-state index contributed by atoms with van der Waals surface area (Å²) in [5, 5.41) is 11.8. The van der Waals surface area contributed by atoms with Crippen molar-refractivity contribution >= 4 is 11.7 Å². The number of aromatic carboxylic acids is 1. The van der Waals surface area contributed by atoms with Crippen molar-refractivity contribution in [3.8, 4) is 0 Å². The Kier molecular flexibility index (Phi) is 2.36. The van der Waals surface area contributed by atoms with Gasteiger partial charge in [0.1, 0.15) is 11.6 Å². The SMILES string of the molecule is O=C(O)c1cnc2nc(CCc3ccco3)[nH]n12. The number of furan rings is 1. The highest BCUT2D eigenvalue weighted by atomic mass is 16.4. The third-order valence-corrected chi connectivity index (χ3v) is 2.63. The third-order valence-electron chi connectivity index (χ3n) is 2.63. The van der Waals surface area contributed by atoms with Crippen LogP contribution in [0.5, 0.6) is 0 Å². The molecular formula is C11H10N4O3. The van der Waals surface area contributed by atoms with Crippen molar-refractivity contribution in [2.75, 3.05) is 0 Å². The molecule has 0 radical (unpaired) electrons. The van der Waals surface area contributed by atoms with E-state index in [1.807, 2.05) is 12.1 Å². The van der Waals surface area contributed by atoms with E-state index in [2.05, 4.69) is 15.1 Å². The van der Waals surface area contributed by atoms with Crippen LogP contribution in [0, 0.1) is 0 Å². The molecule has 18 heavy (non-hydrogen) atoms. The molecule has 0 saturated carbocycles. The molecule has 0 aliphatic heterocycles. The molecule has 3 aromatic rings. The van der Waals surface area contributed by atoms with E-state index in [1.165, 1.54) is 10.7 Å². The summed E-state index contributed by atoms with van der Waals surface area (Å²) >= 11 is 0. The number of carbonyl (C=O) groups is 1. The zero-order valence-corrected chi connectivity index (χ0v) is 9.33. The number of nitrogens with one attached hydrogen (secondary N) is 1. The van der Waals surface area contributed by atoms with Gasteiger partial charge in [0.2, 0.25) is 0 Å². The lowest BCUT2D eigenvalue weighted by molar-refractivity contribution is 0.0688. The van der Waals surface area contributed by atoms with E-state index in [0.717, 1.165) is 5.76 Å². The molecule has 0 bridgehead atoms. The van der Waals surface area contributed by atoms with Crippen LogP contribution < -0.4 is 0 Å². The second kappa shape index (κ2) is 4.02. The van der Waals surface area contributed by atoms with E-state index >= 15 is 0 Å². The molecule has 3 heterocycles. The van der Waals surface area contributed by atoms with Crippen molar-refractivity contribution in [1.82, 2.24) is 19.6 Å². The summed E-state index contributed by atoms with van der Waals surface area (Å²) < 4.78 is 6.58. The number of nitrogens with zero attached hydrogens (tertiary/aromatic N) is 3. The number of carboxylic acid groups (broad SMARTS) is 1. The molecule has 7 nitrogen and oxygen atoms in total. The fraction of sp³-hybridized carbons (Fsp3) is 0.182. The molecule has 7 heteroatoms. The van der Waals surface area contributed by atoms with Gasteiger partial charge in [-0.05, 0) is 12.1 Å². The number of carboxylic acids is 1. The summed E-state index contributed by atoms with van der Waals surface area (Å²) in [5.74, 6) is 0.866. The van der Waals surface area contributed by atoms with Crippen LogP contribution in [-0.2, 0) is 12.8 Å². The Morgan fingerprint density at radius 1 is 1.50 bits per heavy atom. The van der Waals surface area contributed by atoms with E-state index in [0.29, 0.717) is 24.4 Å². The second-order valence-electron chi connectivity index (χ2n) is 3.83. The number of hydrogen-bond acceptors (Lipinski definition) is 4. The van der Waals surface area contributed by atoms with Crippen molar-refractivity contribution in [2.24, 2.45) is 0 Å². The number of imidazole rings is 1. The van der Waals surface area contributed by atoms with Gasteiger partial charge in [0.25, 0.3) is 5.78 Å². The van der Waals surface area contributed by atoms with Crippen LogP contribution in [0.2, 0.25) is 0 Å². The first-order valence-electron chi connectivity index (χ1n) is 5.42. The van der Waals surface area contributed by atoms with Crippen LogP contribution in [-0.4, -0.2) is 30.7 Å². The number of hydrogen-bond donors (Lipinski definition) is 2. The van der Waals surface area contributed by atoms with Gasteiger partial charge in [-0.15, -0.1) is 0 Å². The monoisotopic (exact) mass is 246 g/mol. The normalized spacial score (nSPS) is 11.1. The average Bonchev–Trinajstić information content (AvgIpc) is 3.02. The highest BCUT2D eigenvalue weighted by Crippen LogP contribution is 2.08. The van der Waals surface area contributed by atoms with Crippen molar-refractivity contribution < 1.29 is 14.3 Å². The molecule has 0 fully saturated rings. The van der Waals surface area contributed by atoms with Crippen LogP contribution in [0.1, 0.15) is 22.1 Å². The van der Waals surface area contributed by atoms with E-state index in [4.69, 9.17) is 9.52 Å². The molecule has 0 aliphatic carbocycles. The molecule has 0 aliphatic rings. The Bertz CT molecular complexity index is 680. The molecule has 0 saturated heterocycles. The lowest BCUT2D eigenvalue weighted by Crippen LogP contribution is -2.02. The number of fused-ring (bicyclic) bond motifs is 1. The molecular weight excluding hydrogens is 236 g/mol. The van der Waals surface area contributed by atoms with Crippen molar-refractivity contribution in [3.63, 3.8) is 0 Å². The third kappa shape index (κ3) is 1.75. The number of H-pyrrole nitrogens is 1. The maximum Gasteiger partial charge on any atom is 0.356 e. The molecule has 0 atom stereocenters. The van der Waals surface area contributed by atoms with E-state index < -0.39 is 5.97 Å². The van der Waals surface area contributed by atoms with Crippen molar-refractivity contribution in [2.45, 2.75) is 12.8 Å². The Morgan fingerprint density at radius 2 is 2.39 bits per heavy atom. The minimum absolute atomic E-state index is 0.0711. The number of rotatable bonds is 4. The summed E-state index contributed by atoms with van der Waals surface area (Å²) in [6.07, 6.45) is 4.23. The topological polar surface area (TPSA) is 96.4 Å². The fourth-order valence-electron chi connectivity index (χ4n) is 1.77. The van der Waals surface area contributed by atoms with Gasteiger partial charge in [-0.25, -0.2) is 14.3 Å². The van der Waals surface area contributed by atoms with Crippen LogP contribution in [0.3, 0.4) is 0 Å². The fourth-order valence-corrected chi connectivity index (χ4v) is 1.77. The summed E-state index contributed by atoms with van der Waals surface area (Å²) in [4.78, 5) is 19.0. The van der Waals surface area contributed by atoms with Crippen molar-refractivity contribution in [3.05, 3.63) is 41.9 Å². The standard InChI is InChI=1S/C11H10N4O3/c16-10(17)8-6-12-11-13-9(14-15(8)11)4-3-7-2-1-5-18-7/h1-2,5-6H,3-4H2,(H,16,17)(H,12,13,14). The number of aromatic nitrogens is 4. The van der Waals surface area contributed by atoms with E-state index in [1.54, 1.807) is 6.26 Å². The van der Waals surface area contributed by atoms with Gasteiger partial charge in [-0.1, -0.05) is 0 Å². The van der Waals surface area contributed by atoms with Gasteiger partial charge < -0.3 is 9.52 Å². The zero-order valence-electron chi connectivity index (χ0n) is 9.33. The lowest BCUT2D eigenvalue weighted by Gasteiger charge is -1.94. The van der Waals surface area contributed by atoms with Gasteiger partial charge in [0.15, 0.2) is 5.69 Å². The molecule has 3 aromatic heterocycles. The van der Waals surface area contributed by atoms with Crippen LogP contribution in [0.15, 0.2) is 29.0 Å². The maximum atomic E-state index is 10.9. The van der Waals surface area contributed by atoms with Crippen molar-refractivity contribution in [1.29, 1.82) is 0 Å². The molecule has 0 unspecified atom stereocenters. The van der Waals surface area contributed by atoms with Gasteiger partial charge >= 0.3 is 5.97 Å². The second-order valence-corrected chi connectivity index (χ2v) is 3.83. The molecule has 0 spiro atoms. The highest BCUT2D eigenvalue weighted by Gasteiger charge is 2.14. The minimum atomic E-state index is -1.04. The lowest BCUT2D eigenvalue weighted by atomic mass is 10.2. The Labute approximate surface area is 101 Å². The Hall–Kier alpha value is -2.57. The summed E-state index contributed by atoms with van der Waals surface area (Å²) in [6, 6.07) is 3.71. The highest BCUT2D eigenvalue weighted by molar-refractivity contribution is 5.86. The summed E-state index contributed by atoms with van der Waals surface area (Å²) in [7, 11) is 0. The van der Waals surface area contributed by atoms with Gasteiger partial charge in [0, 0.05) is 12.8 Å². The van der Waals surface area contributed by atoms with E-state index in [9.17, 15) is 4.79 Å². The maximum absolute atomic E-state index is 10.9. The quantitative estimate of drug-likeness (QED) is 0.719. The minimum Gasteiger partial charge on any atom is -0.476 e. The first-order chi connectivity index (χ1) is 8.74. The van der Waals surface area contributed by atoms with E-state index in [-0.39, 0.29) is 5.69 Å². The molecule has 0 aromatic carbocycles. The van der Waals surface area contributed by atoms with Crippen LogP contribution in [0.4, 0.5) is 0 Å². The summed E-state index contributed by atoms with van der Waals surface area (Å²) in [5.41, 5.74) is 0.0711. The summed E-state index contributed by atoms with van der Waals surface area (Å²) in [6.45, 7) is 0. The molecule has 3 rings (SSSR count). The predicted octanol–water partition coefficient (Wildman–Crippen LogP) is 1.13. The van der Waals surface area contributed by atoms with Gasteiger partial charge in [0.05, 0.1) is 12.5 Å². The molecule has 2 N–H and O–H groups in total. The molecule has 0 amide bonds. The largest absolute Gasteiger partial charge is 0.476 e. The van der Waals surface area contributed by atoms with Gasteiger partial charge in [-0.3, -0.25) is 5.10 Å². The smallest absolute Gasteiger partial charge is 0.356 e. The first kappa shape index (κ1) is 10.6. The number of aromatic amines is 1. The zero-order chi connectivity index (χ0) is 12.5. The van der Waals surface area contributed by atoms with Crippen LogP contribution >= 0.6 is 0 Å². The Balaban J connectivity index is 1.83. The van der Waals surface area contributed by atoms with Gasteiger partial charge in [-0.2, -0.15) is 4.98 Å². The van der Waals surface area contributed by atoms with Crippen LogP contribution in [0.25, 0.3) is 5.78 Å². The molecule has 92 valence electrons. The number of aryl methyl sites for hydroxylation is 2. The average molecular weight is 246 g/mol. The first-order valence-corrected chi connectivity index (χ1v) is 5.42. The predicted molar refractivity (Wildman–Crippen MR) is 60.4 cm³/mol. The Morgan fingerprint density at radius 3 is 3.11 bits per heavy atom.